The molecule has 1 rings (SSSR count). The average Bonchev–Trinajstić information content (AvgIpc) is 2.10. The normalized spacial score (nSPS) is 25.3. The van der Waals surface area contributed by atoms with E-state index in [1.807, 2.05) is 0 Å². The largest absolute Gasteiger partial charge is 0.377 e. The molecule has 1 heterocycles. The summed E-state index contributed by atoms with van der Waals surface area (Å²) in [7, 11) is 2.10. The van der Waals surface area contributed by atoms with Crippen LogP contribution in [0.25, 0.3) is 0 Å². The van der Waals surface area contributed by atoms with Crippen LogP contribution < -0.4 is 5.32 Å². The number of nitrogens with zero attached hydrogens (tertiary/aromatic N) is 1. The molecule has 1 saturated heterocycles. The fourth-order valence-corrected chi connectivity index (χ4v) is 1.55. The van der Waals surface area contributed by atoms with Gasteiger partial charge in [-0.15, -0.1) is 0 Å². The van der Waals surface area contributed by atoms with Crippen LogP contribution in [0.5, 0.6) is 0 Å². The Bertz CT molecular complexity index is 152. The molecule has 1 aliphatic rings. The van der Waals surface area contributed by atoms with Crippen LogP contribution in [0, 0.1) is 0 Å². The summed E-state index contributed by atoms with van der Waals surface area (Å²) in [6, 6.07) is 1.20. The van der Waals surface area contributed by atoms with Gasteiger partial charge >= 0.3 is 0 Å². The maximum atomic E-state index is 3.98. The molecule has 0 amide bonds. The van der Waals surface area contributed by atoms with Crippen molar-refractivity contribution in [1.82, 2.24) is 10.2 Å². The molecule has 0 spiro atoms. The van der Waals surface area contributed by atoms with Gasteiger partial charge < -0.3 is 10.2 Å². The maximum absolute atomic E-state index is 3.98. The molecule has 0 aromatic heterocycles. The highest BCUT2D eigenvalue weighted by Crippen LogP contribution is 2.17. The van der Waals surface area contributed by atoms with Crippen molar-refractivity contribution in [3.8, 4) is 0 Å². The van der Waals surface area contributed by atoms with Gasteiger partial charge in [0.2, 0.25) is 0 Å². The van der Waals surface area contributed by atoms with Gasteiger partial charge in [0, 0.05) is 37.8 Å². The minimum atomic E-state index is 0.583. The number of nitrogens with one attached hydrogen (secondary N) is 1. The van der Waals surface area contributed by atoms with Crippen LogP contribution in [0.1, 0.15) is 20.3 Å². The van der Waals surface area contributed by atoms with E-state index in [1.165, 1.54) is 5.70 Å². The van der Waals surface area contributed by atoms with E-state index >= 15 is 0 Å². The Labute approximate surface area is 69.3 Å². The summed E-state index contributed by atoms with van der Waals surface area (Å²) in [6.45, 7) is 9.45. The van der Waals surface area contributed by atoms with Crippen LogP contribution in [-0.2, 0) is 0 Å². The molecule has 1 unspecified atom stereocenters. The van der Waals surface area contributed by atoms with Gasteiger partial charge in [0.1, 0.15) is 0 Å². The Balaban J connectivity index is 2.35. The summed E-state index contributed by atoms with van der Waals surface area (Å²) in [5.41, 5.74) is 1.25. The third-order valence-corrected chi connectivity index (χ3v) is 2.09. The highest BCUT2D eigenvalue weighted by molar-refractivity contribution is 5.04. The van der Waals surface area contributed by atoms with Crippen LogP contribution in [-0.4, -0.2) is 30.6 Å². The number of rotatable bonds is 2. The Hall–Kier alpha value is -0.500. The van der Waals surface area contributed by atoms with Gasteiger partial charge in [0.25, 0.3) is 0 Å². The van der Waals surface area contributed by atoms with E-state index in [0.717, 1.165) is 13.0 Å². The van der Waals surface area contributed by atoms with Crippen molar-refractivity contribution in [2.45, 2.75) is 32.4 Å². The standard InChI is InChI=1S/C9H18N2/c1-7(2)10-9-5-8(3)11(4)6-9/h7,9-10H,3,5-6H2,1-2,4H3. The predicted molar refractivity (Wildman–Crippen MR) is 48.4 cm³/mol. The number of likely N-dealkylation sites (N-methyl/N-ethyl adjacent to an activating group) is 1. The fourth-order valence-electron chi connectivity index (χ4n) is 1.55. The van der Waals surface area contributed by atoms with Crippen molar-refractivity contribution in [3.63, 3.8) is 0 Å². The molecular weight excluding hydrogens is 136 g/mol. The summed E-state index contributed by atoms with van der Waals surface area (Å²) >= 11 is 0. The van der Waals surface area contributed by atoms with Crippen molar-refractivity contribution in [2.24, 2.45) is 0 Å². The first kappa shape index (κ1) is 8.60. The van der Waals surface area contributed by atoms with E-state index in [-0.39, 0.29) is 0 Å². The highest BCUT2D eigenvalue weighted by atomic mass is 15.2. The van der Waals surface area contributed by atoms with Crippen molar-refractivity contribution >= 4 is 0 Å². The quantitative estimate of drug-likeness (QED) is 0.643. The molecule has 1 N–H and O–H groups in total. The molecule has 0 saturated carbocycles. The zero-order valence-corrected chi connectivity index (χ0v) is 7.72. The second kappa shape index (κ2) is 3.26. The van der Waals surface area contributed by atoms with Gasteiger partial charge in [0.15, 0.2) is 0 Å². The first-order chi connectivity index (χ1) is 5.09. The Kier molecular flexibility index (Phi) is 2.55. The minimum absolute atomic E-state index is 0.583. The van der Waals surface area contributed by atoms with E-state index < -0.39 is 0 Å². The maximum Gasteiger partial charge on any atom is 0.0329 e. The van der Waals surface area contributed by atoms with Gasteiger partial charge in [-0.2, -0.15) is 0 Å². The molecule has 11 heavy (non-hydrogen) atoms. The number of likely N-dealkylation sites (tertiary alicyclic amines) is 1. The van der Waals surface area contributed by atoms with Crippen molar-refractivity contribution in [2.75, 3.05) is 13.6 Å². The topological polar surface area (TPSA) is 15.3 Å². The smallest absolute Gasteiger partial charge is 0.0329 e. The van der Waals surface area contributed by atoms with Crippen LogP contribution in [0.4, 0.5) is 0 Å². The Morgan fingerprint density at radius 2 is 2.27 bits per heavy atom. The second-order valence-corrected chi connectivity index (χ2v) is 3.67. The molecule has 0 aliphatic carbocycles. The zero-order valence-electron chi connectivity index (χ0n) is 7.72. The van der Waals surface area contributed by atoms with Gasteiger partial charge in [0.05, 0.1) is 0 Å². The van der Waals surface area contributed by atoms with E-state index in [4.69, 9.17) is 0 Å². The lowest BCUT2D eigenvalue weighted by Gasteiger charge is -2.15. The lowest BCUT2D eigenvalue weighted by molar-refractivity contribution is 0.416. The molecule has 64 valence electrons. The van der Waals surface area contributed by atoms with Crippen LogP contribution in [0.15, 0.2) is 12.3 Å². The van der Waals surface area contributed by atoms with E-state index in [2.05, 4.69) is 37.7 Å². The minimum Gasteiger partial charge on any atom is -0.377 e. The van der Waals surface area contributed by atoms with Crippen LogP contribution in [0.3, 0.4) is 0 Å². The van der Waals surface area contributed by atoms with Gasteiger partial charge in [-0.25, -0.2) is 0 Å². The van der Waals surface area contributed by atoms with Gasteiger partial charge in [-0.1, -0.05) is 20.4 Å². The molecule has 1 fully saturated rings. The Morgan fingerprint density at radius 1 is 1.64 bits per heavy atom. The van der Waals surface area contributed by atoms with E-state index in [0.29, 0.717) is 12.1 Å². The molecular formula is C9H18N2. The molecule has 0 aromatic carbocycles. The summed E-state index contributed by atoms with van der Waals surface area (Å²) in [4.78, 5) is 2.22. The molecule has 0 radical (unpaired) electrons. The molecule has 2 nitrogen and oxygen atoms in total. The summed E-state index contributed by atoms with van der Waals surface area (Å²) < 4.78 is 0. The summed E-state index contributed by atoms with van der Waals surface area (Å²) in [5.74, 6) is 0. The highest BCUT2D eigenvalue weighted by Gasteiger charge is 2.21. The lowest BCUT2D eigenvalue weighted by Crippen LogP contribution is -2.36. The first-order valence-electron chi connectivity index (χ1n) is 4.24. The summed E-state index contributed by atoms with van der Waals surface area (Å²) in [5, 5.41) is 3.50. The third kappa shape index (κ3) is 2.22. The van der Waals surface area contributed by atoms with Crippen LogP contribution in [0.2, 0.25) is 0 Å². The summed E-state index contributed by atoms with van der Waals surface area (Å²) in [6.07, 6.45) is 1.11. The fraction of sp³-hybridized carbons (Fsp3) is 0.778. The van der Waals surface area contributed by atoms with Crippen LogP contribution >= 0.6 is 0 Å². The first-order valence-corrected chi connectivity index (χ1v) is 4.24. The average molecular weight is 154 g/mol. The molecule has 2 heteroatoms. The lowest BCUT2D eigenvalue weighted by atomic mass is 10.2. The van der Waals surface area contributed by atoms with E-state index in [1.54, 1.807) is 0 Å². The number of hydrogen-bond donors (Lipinski definition) is 1. The van der Waals surface area contributed by atoms with Crippen molar-refractivity contribution < 1.29 is 0 Å². The monoisotopic (exact) mass is 154 g/mol. The van der Waals surface area contributed by atoms with E-state index in [9.17, 15) is 0 Å². The van der Waals surface area contributed by atoms with Gasteiger partial charge in [-0.3, -0.25) is 0 Å². The third-order valence-electron chi connectivity index (χ3n) is 2.09. The molecule has 0 bridgehead atoms. The van der Waals surface area contributed by atoms with Crippen molar-refractivity contribution in [1.29, 1.82) is 0 Å². The number of hydrogen-bond acceptors (Lipinski definition) is 2. The second-order valence-electron chi connectivity index (χ2n) is 3.67. The van der Waals surface area contributed by atoms with Gasteiger partial charge in [-0.05, 0) is 0 Å². The molecule has 1 aliphatic heterocycles. The zero-order chi connectivity index (χ0) is 8.43. The SMILES string of the molecule is C=C1CC(NC(C)C)CN1C. The molecule has 1 atom stereocenters. The van der Waals surface area contributed by atoms with Crippen molar-refractivity contribution in [3.05, 3.63) is 12.3 Å². The predicted octanol–water partition coefficient (Wildman–Crippen LogP) is 1.20. The molecule has 0 aromatic rings. The Morgan fingerprint density at radius 3 is 2.64 bits per heavy atom.